The fourth-order valence-electron chi connectivity index (χ4n) is 2.55. The lowest BCUT2D eigenvalue weighted by Gasteiger charge is -2.45. The lowest BCUT2D eigenvalue weighted by Crippen LogP contribution is -2.56. The molecule has 7 heteroatoms. The number of amides is 1. The highest BCUT2D eigenvalue weighted by Crippen LogP contribution is 2.43. The second kappa shape index (κ2) is 6.91. The average Bonchev–Trinajstić information content (AvgIpc) is 2.64. The Morgan fingerprint density at radius 3 is 2.75 bits per heavy atom. The van der Waals surface area contributed by atoms with Crippen LogP contribution in [-0.2, 0) is 20.9 Å². The fraction of sp³-hybridized carbons (Fsp3) is 0.294. The molecule has 5 nitrogen and oxygen atoms in total. The quantitative estimate of drug-likeness (QED) is 0.347. The lowest BCUT2D eigenvalue weighted by atomic mass is 10.0. The maximum absolute atomic E-state index is 12.5. The summed E-state index contributed by atoms with van der Waals surface area (Å²) in [6.45, 7) is 3.86. The summed E-state index contributed by atoms with van der Waals surface area (Å²) in [4.78, 5) is 26.0. The van der Waals surface area contributed by atoms with Gasteiger partial charge in [-0.05, 0) is 23.3 Å². The number of alkyl halides is 1. The highest BCUT2D eigenvalue weighted by Gasteiger charge is 2.48. The summed E-state index contributed by atoms with van der Waals surface area (Å²) in [6.07, 6.45) is 0. The van der Waals surface area contributed by atoms with Gasteiger partial charge >= 0.3 is 5.97 Å². The van der Waals surface area contributed by atoms with Crippen LogP contribution in [0.15, 0.2) is 47.7 Å². The molecule has 2 aliphatic heterocycles. The van der Waals surface area contributed by atoms with E-state index in [2.05, 4.69) is 6.58 Å². The number of nitrogens with zero attached hydrogens (tertiary/aromatic N) is 1. The number of carbonyl (C=O) groups excluding carboxylic acids is 2. The van der Waals surface area contributed by atoms with Crippen molar-refractivity contribution >= 4 is 35.2 Å². The fourth-order valence-corrected chi connectivity index (χ4v) is 4.14. The monoisotopic (exact) mass is 365 g/mol. The summed E-state index contributed by atoms with van der Waals surface area (Å²) in [6, 6.07) is 7.23. The smallest absolute Gasteiger partial charge is 0.355 e. The third-order valence-electron chi connectivity index (χ3n) is 3.90. The van der Waals surface area contributed by atoms with Crippen LogP contribution in [0.1, 0.15) is 5.56 Å². The SMILES string of the molecule is C=C1C(=O)N2C(C(=O)OCc3ccc(OC)cc3)=C(CCl)CSC12. The number of thioether (sulfide) groups is 1. The van der Waals surface area contributed by atoms with Crippen LogP contribution in [0.25, 0.3) is 0 Å². The first-order valence-electron chi connectivity index (χ1n) is 7.28. The van der Waals surface area contributed by atoms with Gasteiger partial charge in [0.2, 0.25) is 0 Å². The Balaban J connectivity index is 1.73. The van der Waals surface area contributed by atoms with Crippen molar-refractivity contribution in [2.45, 2.75) is 12.0 Å². The molecular formula is C17H16ClNO4S. The highest BCUT2D eigenvalue weighted by molar-refractivity contribution is 8.00. The van der Waals surface area contributed by atoms with Gasteiger partial charge in [-0.25, -0.2) is 4.79 Å². The molecule has 0 aromatic heterocycles. The summed E-state index contributed by atoms with van der Waals surface area (Å²) < 4.78 is 10.5. The molecule has 3 rings (SSSR count). The predicted molar refractivity (Wildman–Crippen MR) is 92.8 cm³/mol. The Morgan fingerprint density at radius 1 is 1.42 bits per heavy atom. The van der Waals surface area contributed by atoms with E-state index >= 15 is 0 Å². The minimum atomic E-state index is -0.535. The van der Waals surface area contributed by atoms with Gasteiger partial charge in [-0.3, -0.25) is 9.69 Å². The summed E-state index contributed by atoms with van der Waals surface area (Å²) in [7, 11) is 1.59. The van der Waals surface area contributed by atoms with E-state index in [4.69, 9.17) is 21.1 Å². The minimum absolute atomic E-state index is 0.114. The Hall–Kier alpha value is -1.92. The number of halogens is 1. The van der Waals surface area contributed by atoms with E-state index in [0.717, 1.165) is 11.3 Å². The predicted octanol–water partition coefficient (Wildman–Crippen LogP) is 2.70. The second-order valence-electron chi connectivity index (χ2n) is 5.37. The van der Waals surface area contributed by atoms with E-state index < -0.39 is 5.97 Å². The third-order valence-corrected chi connectivity index (χ3v) is 5.55. The molecule has 0 bridgehead atoms. The molecule has 1 saturated heterocycles. The van der Waals surface area contributed by atoms with Crippen LogP contribution in [-0.4, -0.2) is 40.9 Å². The van der Waals surface area contributed by atoms with Gasteiger partial charge in [0.05, 0.1) is 7.11 Å². The van der Waals surface area contributed by atoms with E-state index in [-0.39, 0.29) is 29.5 Å². The van der Waals surface area contributed by atoms with E-state index in [1.165, 1.54) is 16.7 Å². The zero-order valence-electron chi connectivity index (χ0n) is 13.1. The summed E-state index contributed by atoms with van der Waals surface area (Å²) in [5.41, 5.74) is 2.31. The first-order chi connectivity index (χ1) is 11.6. The van der Waals surface area contributed by atoms with Crippen LogP contribution in [0.4, 0.5) is 0 Å². The van der Waals surface area contributed by atoms with Gasteiger partial charge in [-0.1, -0.05) is 18.7 Å². The number of ether oxygens (including phenoxy) is 2. The number of fused-ring (bicyclic) bond motifs is 1. The lowest BCUT2D eigenvalue weighted by molar-refractivity contribution is -0.147. The van der Waals surface area contributed by atoms with Crippen LogP contribution in [0.2, 0.25) is 0 Å². The van der Waals surface area contributed by atoms with Crippen LogP contribution in [0, 0.1) is 0 Å². The Bertz CT molecular complexity index is 729. The highest BCUT2D eigenvalue weighted by atomic mass is 35.5. The molecule has 1 amide bonds. The van der Waals surface area contributed by atoms with Crippen LogP contribution in [0.5, 0.6) is 5.75 Å². The molecule has 1 aromatic carbocycles. The van der Waals surface area contributed by atoms with Crippen molar-refractivity contribution in [2.24, 2.45) is 0 Å². The molecule has 0 spiro atoms. The van der Waals surface area contributed by atoms with Crippen molar-refractivity contribution in [1.29, 1.82) is 0 Å². The Labute approximate surface area is 149 Å². The van der Waals surface area contributed by atoms with Gasteiger partial charge in [-0.2, -0.15) is 0 Å². The number of carbonyl (C=O) groups is 2. The van der Waals surface area contributed by atoms with Crippen molar-refractivity contribution < 1.29 is 19.1 Å². The van der Waals surface area contributed by atoms with Crippen molar-refractivity contribution in [3.63, 3.8) is 0 Å². The standard InChI is InChI=1S/C17H16ClNO4S/c1-10-15(20)19-14(12(7-18)9-24-16(10)19)17(21)23-8-11-3-5-13(22-2)6-4-11/h3-6,16H,1,7-9H2,2H3. The molecule has 1 unspecified atom stereocenters. The van der Waals surface area contributed by atoms with Crippen molar-refractivity contribution in [3.8, 4) is 5.75 Å². The molecule has 0 saturated carbocycles. The Kier molecular flexibility index (Phi) is 4.87. The molecule has 1 aromatic rings. The van der Waals surface area contributed by atoms with Crippen molar-refractivity contribution in [2.75, 3.05) is 18.7 Å². The molecule has 2 aliphatic rings. The molecule has 0 aliphatic carbocycles. The van der Waals surface area contributed by atoms with Crippen molar-refractivity contribution in [1.82, 2.24) is 4.90 Å². The molecule has 1 atom stereocenters. The van der Waals surface area contributed by atoms with Gasteiger partial charge in [0, 0.05) is 17.2 Å². The van der Waals surface area contributed by atoms with Gasteiger partial charge in [0.15, 0.2) is 0 Å². The van der Waals surface area contributed by atoms with Crippen LogP contribution < -0.4 is 4.74 Å². The first-order valence-corrected chi connectivity index (χ1v) is 8.87. The molecule has 0 radical (unpaired) electrons. The average molecular weight is 366 g/mol. The molecule has 126 valence electrons. The molecule has 2 heterocycles. The number of esters is 1. The summed E-state index contributed by atoms with van der Waals surface area (Å²) >= 11 is 7.48. The molecular weight excluding hydrogens is 350 g/mol. The maximum Gasteiger partial charge on any atom is 0.355 e. The number of rotatable bonds is 5. The number of methoxy groups -OCH3 is 1. The van der Waals surface area contributed by atoms with Gasteiger partial charge in [0.1, 0.15) is 23.4 Å². The number of hydrogen-bond donors (Lipinski definition) is 0. The van der Waals surface area contributed by atoms with E-state index in [0.29, 0.717) is 16.9 Å². The maximum atomic E-state index is 12.5. The molecule has 24 heavy (non-hydrogen) atoms. The largest absolute Gasteiger partial charge is 0.497 e. The van der Waals surface area contributed by atoms with Crippen molar-refractivity contribution in [3.05, 3.63) is 53.3 Å². The zero-order chi connectivity index (χ0) is 17.3. The number of hydrogen-bond acceptors (Lipinski definition) is 5. The normalized spacial score (nSPS) is 19.8. The second-order valence-corrected chi connectivity index (χ2v) is 6.71. The number of benzene rings is 1. The van der Waals surface area contributed by atoms with Gasteiger partial charge < -0.3 is 9.47 Å². The van der Waals surface area contributed by atoms with E-state index in [1.54, 1.807) is 19.2 Å². The number of β-lactam (4-membered cyclic amide) rings is 1. The topological polar surface area (TPSA) is 55.8 Å². The van der Waals surface area contributed by atoms with E-state index in [1.807, 2.05) is 12.1 Å². The van der Waals surface area contributed by atoms with E-state index in [9.17, 15) is 9.59 Å². The Morgan fingerprint density at radius 2 is 2.12 bits per heavy atom. The van der Waals surface area contributed by atoms with Crippen LogP contribution >= 0.6 is 23.4 Å². The van der Waals surface area contributed by atoms with Gasteiger partial charge in [0.25, 0.3) is 5.91 Å². The molecule has 1 fully saturated rings. The minimum Gasteiger partial charge on any atom is -0.497 e. The van der Waals surface area contributed by atoms with Gasteiger partial charge in [-0.15, -0.1) is 23.4 Å². The summed E-state index contributed by atoms with van der Waals surface area (Å²) in [5, 5.41) is -0.187. The zero-order valence-corrected chi connectivity index (χ0v) is 14.7. The van der Waals surface area contributed by atoms with Crippen LogP contribution in [0.3, 0.4) is 0 Å². The summed E-state index contributed by atoms with van der Waals surface area (Å²) in [5.74, 6) is 0.722. The molecule has 0 N–H and O–H groups in total. The first kappa shape index (κ1) is 16.9. The third kappa shape index (κ3) is 2.91.